The highest BCUT2D eigenvalue weighted by molar-refractivity contribution is 5.89. The number of nitrogen functional groups attached to an aromatic ring is 1. The standard InChI is InChI=1S/C15H17N5O4/c16-15-18-12-11(13(21)19-15)17-8-20(12)9-23-6-7-24-14(22)10-4-2-1-3-5-10/h1-5,17H,6-9H2,(H3,16,18,19,21). The Morgan fingerprint density at radius 2 is 2.08 bits per heavy atom. The smallest absolute Gasteiger partial charge is 0.338 e. The Bertz CT molecular complexity index is 777. The number of ether oxygens (including phenoxy) is 2. The summed E-state index contributed by atoms with van der Waals surface area (Å²) in [6.07, 6.45) is 0. The molecule has 1 aliphatic heterocycles. The van der Waals surface area contributed by atoms with E-state index in [4.69, 9.17) is 15.2 Å². The molecule has 1 aliphatic rings. The van der Waals surface area contributed by atoms with Crippen LogP contribution in [0.15, 0.2) is 35.1 Å². The molecule has 0 saturated heterocycles. The number of benzene rings is 1. The van der Waals surface area contributed by atoms with E-state index < -0.39 is 5.97 Å². The lowest BCUT2D eigenvalue weighted by Crippen LogP contribution is -2.27. The molecule has 0 unspecified atom stereocenters. The molecule has 3 rings (SSSR count). The average Bonchev–Trinajstić information content (AvgIpc) is 2.98. The van der Waals surface area contributed by atoms with Gasteiger partial charge in [0.25, 0.3) is 5.56 Å². The Morgan fingerprint density at radius 1 is 1.29 bits per heavy atom. The maximum absolute atomic E-state index is 11.7. The number of anilines is 3. The monoisotopic (exact) mass is 331 g/mol. The van der Waals surface area contributed by atoms with Gasteiger partial charge in [-0.3, -0.25) is 9.78 Å². The van der Waals surface area contributed by atoms with Crippen LogP contribution in [0.25, 0.3) is 0 Å². The number of aromatic amines is 1. The second-order valence-corrected chi connectivity index (χ2v) is 5.06. The molecule has 0 fully saturated rings. The molecule has 0 amide bonds. The van der Waals surface area contributed by atoms with Crippen LogP contribution in [0, 0.1) is 0 Å². The number of nitrogens with one attached hydrogen (secondary N) is 2. The van der Waals surface area contributed by atoms with Crippen LogP contribution in [0.4, 0.5) is 17.5 Å². The molecule has 24 heavy (non-hydrogen) atoms. The lowest BCUT2D eigenvalue weighted by molar-refractivity contribution is 0.0320. The van der Waals surface area contributed by atoms with Crippen LogP contribution in [-0.2, 0) is 9.47 Å². The normalized spacial score (nSPS) is 12.6. The van der Waals surface area contributed by atoms with Crippen LogP contribution in [-0.4, -0.2) is 42.6 Å². The van der Waals surface area contributed by atoms with E-state index in [1.165, 1.54) is 0 Å². The summed E-state index contributed by atoms with van der Waals surface area (Å²) in [5.74, 6) is 0.0927. The van der Waals surface area contributed by atoms with Crippen molar-refractivity contribution < 1.29 is 14.3 Å². The van der Waals surface area contributed by atoms with Crippen molar-refractivity contribution in [2.24, 2.45) is 0 Å². The Balaban J connectivity index is 1.44. The first kappa shape index (κ1) is 15.8. The quantitative estimate of drug-likeness (QED) is 0.512. The van der Waals surface area contributed by atoms with Gasteiger partial charge in [-0.05, 0) is 12.1 Å². The number of carbonyl (C=O) groups is 1. The van der Waals surface area contributed by atoms with E-state index in [1.807, 2.05) is 6.07 Å². The number of nitrogens with two attached hydrogens (primary N) is 1. The van der Waals surface area contributed by atoms with Crippen molar-refractivity contribution in [2.75, 3.05) is 42.6 Å². The third-order valence-electron chi connectivity index (χ3n) is 3.38. The Labute approximate surface area is 137 Å². The molecule has 0 saturated carbocycles. The summed E-state index contributed by atoms with van der Waals surface area (Å²) in [5, 5.41) is 2.93. The molecule has 0 bridgehead atoms. The maximum Gasteiger partial charge on any atom is 0.338 e. The zero-order valence-electron chi connectivity index (χ0n) is 12.8. The van der Waals surface area contributed by atoms with Crippen LogP contribution in [0.2, 0.25) is 0 Å². The van der Waals surface area contributed by atoms with E-state index in [-0.39, 0.29) is 31.5 Å². The summed E-state index contributed by atoms with van der Waals surface area (Å²) >= 11 is 0. The van der Waals surface area contributed by atoms with E-state index >= 15 is 0 Å². The number of fused-ring (bicyclic) bond motifs is 1. The van der Waals surface area contributed by atoms with Crippen molar-refractivity contribution in [3.05, 3.63) is 46.2 Å². The van der Waals surface area contributed by atoms with Gasteiger partial charge in [-0.2, -0.15) is 4.98 Å². The van der Waals surface area contributed by atoms with Crippen molar-refractivity contribution >= 4 is 23.4 Å². The highest BCUT2D eigenvalue weighted by Crippen LogP contribution is 2.24. The number of esters is 1. The summed E-state index contributed by atoms with van der Waals surface area (Å²) in [6.45, 7) is 0.938. The first-order chi connectivity index (χ1) is 11.6. The predicted molar refractivity (Wildman–Crippen MR) is 87.8 cm³/mol. The van der Waals surface area contributed by atoms with Crippen molar-refractivity contribution in [3.63, 3.8) is 0 Å². The van der Waals surface area contributed by atoms with Crippen LogP contribution >= 0.6 is 0 Å². The summed E-state index contributed by atoms with van der Waals surface area (Å²) in [7, 11) is 0. The van der Waals surface area contributed by atoms with Gasteiger partial charge >= 0.3 is 5.97 Å². The summed E-state index contributed by atoms with van der Waals surface area (Å²) in [4.78, 5) is 31.7. The van der Waals surface area contributed by atoms with Gasteiger partial charge < -0.3 is 25.4 Å². The molecule has 0 radical (unpaired) electrons. The number of hydrogen-bond donors (Lipinski definition) is 3. The second kappa shape index (κ2) is 7.01. The number of nitrogens with zero attached hydrogens (tertiary/aromatic N) is 2. The summed E-state index contributed by atoms with van der Waals surface area (Å²) < 4.78 is 10.6. The molecule has 2 aromatic rings. The summed E-state index contributed by atoms with van der Waals surface area (Å²) in [6, 6.07) is 8.73. The topological polar surface area (TPSA) is 123 Å². The zero-order chi connectivity index (χ0) is 16.9. The number of aromatic nitrogens is 2. The number of H-pyrrole nitrogens is 1. The van der Waals surface area contributed by atoms with E-state index in [0.717, 1.165) is 0 Å². The number of hydrogen-bond acceptors (Lipinski definition) is 8. The minimum absolute atomic E-state index is 0.0456. The first-order valence-electron chi connectivity index (χ1n) is 7.33. The third kappa shape index (κ3) is 3.46. The minimum Gasteiger partial charge on any atom is -0.460 e. The van der Waals surface area contributed by atoms with Gasteiger partial charge in [0.1, 0.15) is 19.0 Å². The lowest BCUT2D eigenvalue weighted by atomic mass is 10.2. The molecular formula is C15H17N5O4. The van der Waals surface area contributed by atoms with Crippen LogP contribution < -0.4 is 21.5 Å². The second-order valence-electron chi connectivity index (χ2n) is 5.06. The SMILES string of the molecule is Nc1nc2c(c(=O)[nH]1)NCN2COCCOC(=O)c1ccccc1. The van der Waals surface area contributed by atoms with Gasteiger partial charge in [-0.25, -0.2) is 4.79 Å². The minimum atomic E-state index is -0.395. The van der Waals surface area contributed by atoms with Gasteiger partial charge in [0, 0.05) is 0 Å². The summed E-state index contributed by atoms with van der Waals surface area (Å²) in [5.41, 5.74) is 6.08. The molecule has 4 N–H and O–H groups in total. The first-order valence-corrected chi connectivity index (χ1v) is 7.33. The van der Waals surface area contributed by atoms with Crippen LogP contribution in [0.1, 0.15) is 10.4 Å². The fraction of sp³-hybridized carbons (Fsp3) is 0.267. The van der Waals surface area contributed by atoms with Crippen LogP contribution in [0.5, 0.6) is 0 Å². The van der Waals surface area contributed by atoms with E-state index in [9.17, 15) is 9.59 Å². The third-order valence-corrected chi connectivity index (χ3v) is 3.38. The van der Waals surface area contributed by atoms with Gasteiger partial charge in [-0.15, -0.1) is 0 Å². The van der Waals surface area contributed by atoms with Gasteiger partial charge in [0.15, 0.2) is 5.82 Å². The van der Waals surface area contributed by atoms with Gasteiger partial charge in [-0.1, -0.05) is 18.2 Å². The molecule has 126 valence electrons. The molecule has 0 spiro atoms. The Kier molecular flexibility index (Phi) is 4.62. The largest absolute Gasteiger partial charge is 0.460 e. The fourth-order valence-electron chi connectivity index (χ4n) is 2.25. The van der Waals surface area contributed by atoms with E-state index in [0.29, 0.717) is 23.7 Å². The van der Waals surface area contributed by atoms with Gasteiger partial charge in [0.2, 0.25) is 5.95 Å². The molecule has 2 heterocycles. The van der Waals surface area contributed by atoms with Gasteiger partial charge in [0.05, 0.1) is 18.8 Å². The fourth-order valence-corrected chi connectivity index (χ4v) is 2.25. The highest BCUT2D eigenvalue weighted by atomic mass is 16.6. The van der Waals surface area contributed by atoms with Crippen molar-refractivity contribution in [1.82, 2.24) is 9.97 Å². The highest BCUT2D eigenvalue weighted by Gasteiger charge is 2.23. The van der Waals surface area contributed by atoms with E-state index in [2.05, 4.69) is 15.3 Å². The van der Waals surface area contributed by atoms with Crippen LogP contribution in [0.3, 0.4) is 0 Å². The molecule has 1 aromatic heterocycles. The van der Waals surface area contributed by atoms with Crippen molar-refractivity contribution in [1.29, 1.82) is 0 Å². The average molecular weight is 331 g/mol. The molecule has 1 aromatic carbocycles. The molecule has 9 heteroatoms. The zero-order valence-corrected chi connectivity index (χ0v) is 12.8. The van der Waals surface area contributed by atoms with Crippen molar-refractivity contribution in [2.45, 2.75) is 0 Å². The maximum atomic E-state index is 11.7. The lowest BCUT2D eigenvalue weighted by Gasteiger charge is -2.16. The Hall–Kier alpha value is -3.07. The molecule has 9 nitrogen and oxygen atoms in total. The molecule has 0 aliphatic carbocycles. The predicted octanol–water partition coefficient (Wildman–Crippen LogP) is 0.373. The number of rotatable bonds is 6. The molecular weight excluding hydrogens is 314 g/mol. The molecule has 0 atom stereocenters. The van der Waals surface area contributed by atoms with E-state index in [1.54, 1.807) is 29.2 Å². The van der Waals surface area contributed by atoms with Crippen molar-refractivity contribution in [3.8, 4) is 0 Å². The Morgan fingerprint density at radius 3 is 2.88 bits per heavy atom. The number of carbonyl (C=O) groups excluding carboxylic acids is 1.